The zero-order valence-electron chi connectivity index (χ0n) is 12.2. The normalized spacial score (nSPS) is 12.4. The first kappa shape index (κ1) is 15.4. The molecular formula is C16H21ClN2S. The van der Waals surface area contributed by atoms with Gasteiger partial charge in [0.05, 0.1) is 10.9 Å². The van der Waals surface area contributed by atoms with Gasteiger partial charge in [-0.15, -0.1) is 11.3 Å². The van der Waals surface area contributed by atoms with Gasteiger partial charge in [-0.3, -0.25) is 0 Å². The Morgan fingerprint density at radius 2 is 2.05 bits per heavy atom. The van der Waals surface area contributed by atoms with Crippen LogP contribution in [0.4, 0.5) is 5.69 Å². The van der Waals surface area contributed by atoms with Crippen LogP contribution < -0.4 is 10.6 Å². The summed E-state index contributed by atoms with van der Waals surface area (Å²) in [4.78, 5) is 3.53. The average molecular weight is 309 g/mol. The fourth-order valence-electron chi connectivity index (χ4n) is 2.35. The number of aryl methyl sites for hydroxylation is 1. The van der Waals surface area contributed by atoms with E-state index in [4.69, 9.17) is 17.3 Å². The largest absolute Gasteiger partial charge is 0.369 e. The van der Waals surface area contributed by atoms with Gasteiger partial charge in [-0.05, 0) is 44.0 Å². The maximum Gasteiger partial charge on any atom is 0.0931 e. The molecular weight excluding hydrogens is 288 g/mol. The molecule has 1 aromatic carbocycles. The summed E-state index contributed by atoms with van der Waals surface area (Å²) < 4.78 is 0.841. The van der Waals surface area contributed by atoms with Crippen molar-refractivity contribution in [1.82, 2.24) is 0 Å². The molecule has 1 aromatic heterocycles. The average Bonchev–Trinajstić information content (AvgIpc) is 2.73. The number of nitrogens with two attached hydrogens (primary N) is 1. The molecule has 0 fully saturated rings. The Hall–Kier alpha value is -1.03. The Bertz CT molecular complexity index is 578. The summed E-state index contributed by atoms with van der Waals surface area (Å²) in [5, 5.41) is 0. The maximum atomic E-state index is 5.99. The van der Waals surface area contributed by atoms with E-state index < -0.39 is 0 Å². The minimum absolute atomic E-state index is 0.167. The fraction of sp³-hybridized carbons (Fsp3) is 0.375. The molecule has 0 spiro atoms. The molecule has 1 atom stereocenters. The summed E-state index contributed by atoms with van der Waals surface area (Å²) >= 11 is 7.63. The molecule has 2 N–H and O–H groups in total. The highest BCUT2D eigenvalue weighted by Crippen LogP contribution is 2.27. The van der Waals surface area contributed by atoms with E-state index in [1.165, 1.54) is 21.7 Å². The van der Waals surface area contributed by atoms with E-state index >= 15 is 0 Å². The summed E-state index contributed by atoms with van der Waals surface area (Å²) in [5.41, 5.74) is 9.80. The highest BCUT2D eigenvalue weighted by atomic mass is 35.5. The topological polar surface area (TPSA) is 29.3 Å². The number of thiophene rings is 1. The third-order valence-corrected chi connectivity index (χ3v) is 4.43. The van der Waals surface area contributed by atoms with Crippen LogP contribution in [0, 0.1) is 6.92 Å². The van der Waals surface area contributed by atoms with Crippen LogP contribution in [0.2, 0.25) is 4.34 Å². The van der Waals surface area contributed by atoms with Crippen molar-refractivity contribution in [3.63, 3.8) is 0 Å². The van der Waals surface area contributed by atoms with Crippen molar-refractivity contribution in [3.8, 4) is 0 Å². The molecule has 0 bridgehead atoms. The lowest BCUT2D eigenvalue weighted by Gasteiger charge is -2.23. The Morgan fingerprint density at radius 1 is 1.30 bits per heavy atom. The first-order valence-corrected chi connectivity index (χ1v) is 7.95. The minimum Gasteiger partial charge on any atom is -0.369 e. The van der Waals surface area contributed by atoms with Crippen LogP contribution in [-0.2, 0) is 13.0 Å². The Kier molecular flexibility index (Phi) is 5.08. The Morgan fingerprint density at radius 3 is 2.65 bits per heavy atom. The Balaban J connectivity index is 2.21. The second-order valence-corrected chi connectivity index (χ2v) is 7.18. The van der Waals surface area contributed by atoms with Gasteiger partial charge >= 0.3 is 0 Å². The standard InChI is InChI=1S/C16H21ClN2S/c1-11-4-6-15(13(8-11)9-12(2)18)19(3)10-14-5-7-16(17)20-14/h4-8,12H,9-10,18H2,1-3H3. The molecule has 108 valence electrons. The molecule has 1 heterocycles. The number of rotatable bonds is 5. The van der Waals surface area contributed by atoms with Crippen molar-refractivity contribution in [2.24, 2.45) is 5.73 Å². The quantitative estimate of drug-likeness (QED) is 0.895. The fourth-order valence-corrected chi connectivity index (χ4v) is 3.49. The molecule has 2 rings (SSSR count). The zero-order chi connectivity index (χ0) is 14.7. The van der Waals surface area contributed by atoms with E-state index in [1.54, 1.807) is 11.3 Å². The summed E-state index contributed by atoms with van der Waals surface area (Å²) in [6, 6.07) is 10.8. The number of hydrogen-bond donors (Lipinski definition) is 1. The lowest BCUT2D eigenvalue weighted by molar-refractivity contribution is 0.734. The molecule has 1 unspecified atom stereocenters. The van der Waals surface area contributed by atoms with Gasteiger partial charge in [0, 0.05) is 23.7 Å². The van der Waals surface area contributed by atoms with Crippen LogP contribution in [0.1, 0.15) is 22.9 Å². The predicted molar refractivity (Wildman–Crippen MR) is 90.0 cm³/mol. The number of anilines is 1. The third kappa shape index (κ3) is 3.98. The van der Waals surface area contributed by atoms with Crippen molar-refractivity contribution < 1.29 is 0 Å². The number of hydrogen-bond acceptors (Lipinski definition) is 3. The van der Waals surface area contributed by atoms with Crippen molar-refractivity contribution in [2.75, 3.05) is 11.9 Å². The highest BCUT2D eigenvalue weighted by Gasteiger charge is 2.11. The maximum absolute atomic E-state index is 5.99. The van der Waals surface area contributed by atoms with Crippen LogP contribution in [0.25, 0.3) is 0 Å². The van der Waals surface area contributed by atoms with Crippen molar-refractivity contribution >= 4 is 28.6 Å². The molecule has 0 saturated heterocycles. The first-order chi connectivity index (χ1) is 9.45. The number of halogens is 1. The van der Waals surface area contributed by atoms with Crippen molar-refractivity contribution in [1.29, 1.82) is 0 Å². The third-order valence-electron chi connectivity index (χ3n) is 3.21. The molecule has 0 aliphatic carbocycles. The van der Waals surface area contributed by atoms with Crippen molar-refractivity contribution in [3.05, 3.63) is 50.7 Å². The van der Waals surface area contributed by atoms with E-state index in [0.29, 0.717) is 0 Å². The molecule has 2 aromatic rings. The van der Waals surface area contributed by atoms with Gasteiger partial charge in [-0.1, -0.05) is 29.3 Å². The summed E-state index contributed by atoms with van der Waals surface area (Å²) in [6.07, 6.45) is 0.895. The van der Waals surface area contributed by atoms with Gasteiger partial charge in [0.15, 0.2) is 0 Å². The van der Waals surface area contributed by atoms with Crippen LogP contribution in [0.5, 0.6) is 0 Å². The number of benzene rings is 1. The van der Waals surface area contributed by atoms with E-state index in [1.807, 2.05) is 13.0 Å². The second kappa shape index (κ2) is 6.61. The van der Waals surface area contributed by atoms with Crippen molar-refractivity contribution in [2.45, 2.75) is 32.9 Å². The lowest BCUT2D eigenvalue weighted by atomic mass is 10.0. The van der Waals surface area contributed by atoms with Crippen LogP contribution in [-0.4, -0.2) is 13.1 Å². The number of nitrogens with zero attached hydrogens (tertiary/aromatic N) is 1. The zero-order valence-corrected chi connectivity index (χ0v) is 13.8. The van der Waals surface area contributed by atoms with Crippen LogP contribution in [0.3, 0.4) is 0 Å². The van der Waals surface area contributed by atoms with Gasteiger partial charge in [0.2, 0.25) is 0 Å². The molecule has 2 nitrogen and oxygen atoms in total. The Labute approximate surface area is 130 Å². The van der Waals surface area contributed by atoms with Gasteiger partial charge in [-0.25, -0.2) is 0 Å². The SMILES string of the molecule is Cc1ccc(N(C)Cc2ccc(Cl)s2)c(CC(C)N)c1. The van der Waals surface area contributed by atoms with E-state index in [9.17, 15) is 0 Å². The van der Waals surface area contributed by atoms with Gasteiger partial charge in [0.25, 0.3) is 0 Å². The lowest BCUT2D eigenvalue weighted by Crippen LogP contribution is -2.22. The van der Waals surface area contributed by atoms with Gasteiger partial charge in [-0.2, -0.15) is 0 Å². The van der Waals surface area contributed by atoms with E-state index in [0.717, 1.165) is 17.3 Å². The van der Waals surface area contributed by atoms with Gasteiger partial charge in [0.1, 0.15) is 0 Å². The van der Waals surface area contributed by atoms with Crippen LogP contribution >= 0.6 is 22.9 Å². The smallest absolute Gasteiger partial charge is 0.0931 e. The molecule has 20 heavy (non-hydrogen) atoms. The summed E-state index contributed by atoms with van der Waals surface area (Å²) in [7, 11) is 2.11. The first-order valence-electron chi connectivity index (χ1n) is 6.76. The molecule has 0 aliphatic heterocycles. The molecule has 4 heteroatoms. The molecule has 0 aliphatic rings. The molecule has 0 radical (unpaired) electrons. The van der Waals surface area contributed by atoms with Crippen LogP contribution in [0.15, 0.2) is 30.3 Å². The second-order valence-electron chi connectivity index (χ2n) is 5.38. The molecule has 0 saturated carbocycles. The monoisotopic (exact) mass is 308 g/mol. The van der Waals surface area contributed by atoms with E-state index in [-0.39, 0.29) is 6.04 Å². The van der Waals surface area contributed by atoms with E-state index in [2.05, 4.69) is 43.1 Å². The summed E-state index contributed by atoms with van der Waals surface area (Å²) in [5.74, 6) is 0. The summed E-state index contributed by atoms with van der Waals surface area (Å²) in [6.45, 7) is 5.03. The molecule has 0 amide bonds. The predicted octanol–water partition coefficient (Wildman–Crippen LogP) is 4.24. The minimum atomic E-state index is 0.167. The van der Waals surface area contributed by atoms with Gasteiger partial charge < -0.3 is 10.6 Å². The highest BCUT2D eigenvalue weighted by molar-refractivity contribution is 7.16.